The molecule has 0 atom stereocenters. The lowest BCUT2D eigenvalue weighted by Crippen LogP contribution is -2.02. The monoisotopic (exact) mass is 316 g/mol. The third-order valence-electron chi connectivity index (χ3n) is 2.44. The number of aromatic nitrogens is 2. The molecule has 18 heavy (non-hydrogen) atoms. The number of rotatable bonds is 3. The number of hydrogen-bond donors (Lipinski definition) is 0. The van der Waals surface area contributed by atoms with Crippen molar-refractivity contribution in [1.82, 2.24) is 9.38 Å². The first-order valence-electron chi connectivity index (χ1n) is 5.02. The molecule has 7 heteroatoms. The van der Waals surface area contributed by atoms with E-state index in [0.717, 1.165) is 10.7 Å². The Hall–Kier alpha value is -0.880. The molecule has 3 nitrogen and oxygen atoms in total. The standard InChI is InChI=1S/C11H6Cl2N2OS2/c12-9-4-7(10(13)18-9)8(16)3-6-5-15-1-2-17-11(15)14-6/h1-2,4-5H,3H2. The molecule has 0 radical (unpaired) electrons. The lowest BCUT2D eigenvalue weighted by Gasteiger charge is -1.95. The maximum Gasteiger partial charge on any atom is 0.193 e. The molecular weight excluding hydrogens is 311 g/mol. The van der Waals surface area contributed by atoms with Crippen LogP contribution in [0.4, 0.5) is 0 Å². The van der Waals surface area contributed by atoms with Gasteiger partial charge in [-0.05, 0) is 6.07 Å². The minimum Gasteiger partial charge on any atom is -0.297 e. The third kappa shape index (κ3) is 2.19. The quantitative estimate of drug-likeness (QED) is 0.679. The van der Waals surface area contributed by atoms with Crippen LogP contribution in [-0.4, -0.2) is 15.2 Å². The highest BCUT2D eigenvalue weighted by Crippen LogP contribution is 2.31. The molecule has 0 spiro atoms. The number of thiazole rings is 1. The van der Waals surface area contributed by atoms with Crippen LogP contribution in [0.5, 0.6) is 0 Å². The van der Waals surface area contributed by atoms with E-state index in [9.17, 15) is 4.79 Å². The third-order valence-corrected chi connectivity index (χ3v) is 4.70. The van der Waals surface area contributed by atoms with E-state index in [1.807, 2.05) is 22.2 Å². The summed E-state index contributed by atoms with van der Waals surface area (Å²) >= 11 is 14.5. The van der Waals surface area contributed by atoms with Crippen molar-refractivity contribution < 1.29 is 4.79 Å². The average Bonchev–Trinajstić information content (AvgIpc) is 2.92. The Morgan fingerprint density at radius 3 is 2.94 bits per heavy atom. The Morgan fingerprint density at radius 2 is 2.28 bits per heavy atom. The summed E-state index contributed by atoms with van der Waals surface area (Å²) in [5.41, 5.74) is 1.22. The summed E-state index contributed by atoms with van der Waals surface area (Å²) in [5.74, 6) is -0.0612. The van der Waals surface area contributed by atoms with Gasteiger partial charge in [-0.3, -0.25) is 9.20 Å². The van der Waals surface area contributed by atoms with Crippen molar-refractivity contribution in [1.29, 1.82) is 0 Å². The van der Waals surface area contributed by atoms with Crippen LogP contribution in [0.3, 0.4) is 0 Å². The van der Waals surface area contributed by atoms with Crippen molar-refractivity contribution >= 4 is 56.6 Å². The summed E-state index contributed by atoms with van der Waals surface area (Å²) in [6.45, 7) is 0. The summed E-state index contributed by atoms with van der Waals surface area (Å²) < 4.78 is 2.86. The number of ketones is 1. The molecule has 0 N–H and O–H groups in total. The number of carbonyl (C=O) groups is 1. The minimum atomic E-state index is -0.0612. The molecule has 0 fully saturated rings. The van der Waals surface area contributed by atoms with Crippen molar-refractivity contribution in [3.8, 4) is 0 Å². The first kappa shape index (κ1) is 12.2. The molecule has 0 amide bonds. The predicted molar refractivity (Wildman–Crippen MR) is 75.4 cm³/mol. The Morgan fingerprint density at radius 1 is 1.44 bits per heavy atom. The summed E-state index contributed by atoms with van der Waals surface area (Å²) in [6, 6.07) is 1.61. The zero-order chi connectivity index (χ0) is 12.7. The first-order chi connectivity index (χ1) is 8.63. The highest BCUT2D eigenvalue weighted by molar-refractivity contribution is 7.20. The van der Waals surface area contributed by atoms with Gasteiger partial charge in [-0.15, -0.1) is 22.7 Å². The number of nitrogens with zero attached hydrogens (tertiary/aromatic N) is 2. The fraction of sp³-hybridized carbons (Fsp3) is 0.0909. The summed E-state index contributed by atoms with van der Waals surface area (Å²) in [7, 11) is 0. The van der Waals surface area contributed by atoms with Gasteiger partial charge in [0, 0.05) is 23.3 Å². The molecule has 0 aromatic carbocycles. The Bertz CT molecular complexity index is 700. The lowest BCUT2D eigenvalue weighted by atomic mass is 10.1. The Balaban J connectivity index is 1.86. The van der Waals surface area contributed by atoms with Gasteiger partial charge in [0.2, 0.25) is 0 Å². The Kier molecular flexibility index (Phi) is 3.15. The van der Waals surface area contributed by atoms with Crippen LogP contribution in [0.2, 0.25) is 8.67 Å². The highest BCUT2D eigenvalue weighted by atomic mass is 35.5. The predicted octanol–water partition coefficient (Wildman–Crippen LogP) is 4.19. The maximum absolute atomic E-state index is 12.1. The average molecular weight is 317 g/mol. The second kappa shape index (κ2) is 4.66. The molecule has 3 aromatic heterocycles. The molecular formula is C11H6Cl2N2OS2. The fourth-order valence-electron chi connectivity index (χ4n) is 1.65. The molecule has 92 valence electrons. The van der Waals surface area contributed by atoms with Gasteiger partial charge in [0.05, 0.1) is 16.5 Å². The van der Waals surface area contributed by atoms with Gasteiger partial charge in [-0.25, -0.2) is 4.98 Å². The topological polar surface area (TPSA) is 34.4 Å². The Labute approximate surface area is 121 Å². The number of thiophene rings is 1. The van der Waals surface area contributed by atoms with E-state index in [2.05, 4.69) is 4.98 Å². The molecule has 0 aliphatic heterocycles. The molecule has 0 bridgehead atoms. The van der Waals surface area contributed by atoms with Gasteiger partial charge in [-0.2, -0.15) is 0 Å². The van der Waals surface area contributed by atoms with E-state index in [0.29, 0.717) is 14.2 Å². The van der Waals surface area contributed by atoms with Gasteiger partial charge >= 0.3 is 0 Å². The molecule has 0 saturated carbocycles. The molecule has 0 aliphatic carbocycles. The molecule has 0 aliphatic rings. The van der Waals surface area contributed by atoms with Crippen molar-refractivity contribution in [2.45, 2.75) is 6.42 Å². The minimum absolute atomic E-state index is 0.0612. The van der Waals surface area contributed by atoms with Crippen LogP contribution in [0, 0.1) is 0 Å². The number of hydrogen-bond acceptors (Lipinski definition) is 4. The number of halogens is 2. The number of Topliss-reactive ketones (excluding diaryl/α,β-unsaturated/α-hetero) is 1. The van der Waals surface area contributed by atoms with Crippen molar-refractivity contribution in [3.63, 3.8) is 0 Å². The van der Waals surface area contributed by atoms with Crippen molar-refractivity contribution in [2.75, 3.05) is 0 Å². The number of fused-ring (bicyclic) bond motifs is 1. The van der Waals surface area contributed by atoms with Crippen LogP contribution < -0.4 is 0 Å². The van der Waals surface area contributed by atoms with E-state index in [-0.39, 0.29) is 12.2 Å². The summed E-state index contributed by atoms with van der Waals surface area (Å²) in [5, 5.41) is 1.95. The normalized spacial score (nSPS) is 11.2. The van der Waals surface area contributed by atoms with Crippen LogP contribution >= 0.6 is 45.9 Å². The molecule has 0 saturated heterocycles. The van der Waals surface area contributed by atoms with Crippen LogP contribution in [0.15, 0.2) is 23.8 Å². The fourth-order valence-corrected chi connectivity index (χ4v) is 3.87. The lowest BCUT2D eigenvalue weighted by molar-refractivity contribution is 0.0992. The molecule has 3 aromatic rings. The highest BCUT2D eigenvalue weighted by Gasteiger charge is 2.16. The first-order valence-corrected chi connectivity index (χ1v) is 7.48. The van der Waals surface area contributed by atoms with Crippen LogP contribution in [0.1, 0.15) is 16.1 Å². The van der Waals surface area contributed by atoms with Crippen molar-refractivity contribution in [3.05, 3.63) is 43.8 Å². The van der Waals surface area contributed by atoms with Crippen molar-refractivity contribution in [2.24, 2.45) is 0 Å². The van der Waals surface area contributed by atoms with Crippen LogP contribution in [0.25, 0.3) is 4.96 Å². The van der Waals surface area contributed by atoms with E-state index >= 15 is 0 Å². The number of imidazole rings is 1. The molecule has 3 heterocycles. The van der Waals surface area contributed by atoms with E-state index in [1.54, 1.807) is 6.07 Å². The zero-order valence-corrected chi connectivity index (χ0v) is 12.0. The van der Waals surface area contributed by atoms with E-state index in [1.165, 1.54) is 22.7 Å². The van der Waals surface area contributed by atoms with Gasteiger partial charge < -0.3 is 0 Å². The van der Waals surface area contributed by atoms with Gasteiger partial charge in [-0.1, -0.05) is 23.2 Å². The van der Waals surface area contributed by atoms with Crippen LogP contribution in [-0.2, 0) is 6.42 Å². The molecule has 0 unspecified atom stereocenters. The number of carbonyl (C=O) groups excluding carboxylic acids is 1. The van der Waals surface area contributed by atoms with Gasteiger partial charge in [0.15, 0.2) is 10.7 Å². The second-order valence-corrected chi connectivity index (χ2v) is 6.82. The summed E-state index contributed by atoms with van der Waals surface area (Å²) in [4.78, 5) is 17.3. The van der Waals surface area contributed by atoms with Gasteiger partial charge in [0.1, 0.15) is 4.34 Å². The van der Waals surface area contributed by atoms with Gasteiger partial charge in [0.25, 0.3) is 0 Å². The van der Waals surface area contributed by atoms with E-state index < -0.39 is 0 Å². The smallest absolute Gasteiger partial charge is 0.193 e. The van der Waals surface area contributed by atoms with E-state index in [4.69, 9.17) is 23.2 Å². The SMILES string of the molecule is O=C(Cc1cn2ccsc2n1)c1cc(Cl)sc1Cl. The summed E-state index contributed by atoms with van der Waals surface area (Å²) in [6.07, 6.45) is 4.00. The second-order valence-electron chi connectivity index (χ2n) is 3.66. The largest absolute Gasteiger partial charge is 0.297 e. The molecule has 3 rings (SSSR count). The maximum atomic E-state index is 12.1. The zero-order valence-electron chi connectivity index (χ0n) is 8.89.